The summed E-state index contributed by atoms with van der Waals surface area (Å²) in [4.78, 5) is 29.0. The fourth-order valence-electron chi connectivity index (χ4n) is 2.70. The highest BCUT2D eigenvalue weighted by Crippen LogP contribution is 2.14. The molecule has 0 fully saturated rings. The zero-order valence-electron chi connectivity index (χ0n) is 14.4. The van der Waals surface area contributed by atoms with Gasteiger partial charge in [0.15, 0.2) is 11.2 Å². The van der Waals surface area contributed by atoms with Crippen molar-refractivity contribution in [1.82, 2.24) is 24.5 Å². The van der Waals surface area contributed by atoms with Crippen molar-refractivity contribution in [2.45, 2.75) is 32.9 Å². The minimum Gasteiger partial charge on any atom is -0.464 e. The lowest BCUT2D eigenvalue weighted by atomic mass is 10.2. The van der Waals surface area contributed by atoms with Gasteiger partial charge in [-0.1, -0.05) is 30.3 Å². The molecule has 0 spiro atoms. The van der Waals surface area contributed by atoms with E-state index in [0.29, 0.717) is 12.0 Å². The van der Waals surface area contributed by atoms with E-state index in [-0.39, 0.29) is 30.1 Å². The highest BCUT2D eigenvalue weighted by atomic mass is 19.1. The molecule has 26 heavy (non-hydrogen) atoms. The first-order valence-electron chi connectivity index (χ1n) is 8.27. The Bertz CT molecular complexity index is 997. The molecule has 0 bridgehead atoms. The molecule has 1 atom stereocenters. The molecule has 0 amide bonds. The summed E-state index contributed by atoms with van der Waals surface area (Å²) in [5.41, 5.74) is 0.165. The van der Waals surface area contributed by atoms with Crippen LogP contribution in [0.15, 0.2) is 35.4 Å². The molecule has 0 saturated heterocycles. The number of fused-ring (bicyclic) bond motifs is 1. The summed E-state index contributed by atoms with van der Waals surface area (Å²) >= 11 is 0. The molecule has 136 valence electrons. The van der Waals surface area contributed by atoms with Crippen LogP contribution in [-0.4, -0.2) is 37.1 Å². The van der Waals surface area contributed by atoms with Crippen LogP contribution in [0, 0.1) is 5.82 Å². The highest BCUT2D eigenvalue weighted by molar-refractivity contribution is 5.75. The van der Waals surface area contributed by atoms with Crippen LogP contribution in [-0.2, 0) is 16.1 Å². The highest BCUT2D eigenvalue weighted by Gasteiger charge is 2.23. The first-order chi connectivity index (χ1) is 12.6. The molecule has 0 aliphatic rings. The van der Waals surface area contributed by atoms with Crippen molar-refractivity contribution in [3.8, 4) is 0 Å². The minimum atomic E-state index is -0.781. The molecule has 0 N–H and O–H groups in total. The van der Waals surface area contributed by atoms with E-state index in [1.54, 1.807) is 32.0 Å². The number of halogens is 1. The van der Waals surface area contributed by atoms with Crippen LogP contribution in [0.4, 0.5) is 4.39 Å². The smallest absolute Gasteiger partial charge is 0.329 e. The van der Waals surface area contributed by atoms with Crippen LogP contribution in [0.25, 0.3) is 11.2 Å². The molecule has 2 aromatic heterocycles. The van der Waals surface area contributed by atoms with Crippen molar-refractivity contribution in [2.75, 3.05) is 6.61 Å². The predicted octanol–water partition coefficient (Wildman–Crippen LogP) is 1.69. The SMILES string of the molecule is CCOC(=O)C(CC)n1cnc2c(nnn2Cc2ccccc2F)c1=O. The molecule has 3 rings (SSSR count). The third-order valence-corrected chi connectivity index (χ3v) is 4.01. The fraction of sp³-hybridized carbons (Fsp3) is 0.353. The monoisotopic (exact) mass is 359 g/mol. The normalized spacial score (nSPS) is 12.3. The fourth-order valence-corrected chi connectivity index (χ4v) is 2.70. The van der Waals surface area contributed by atoms with E-state index in [2.05, 4.69) is 15.3 Å². The quantitative estimate of drug-likeness (QED) is 0.622. The average Bonchev–Trinajstić information content (AvgIpc) is 3.03. The third-order valence-electron chi connectivity index (χ3n) is 4.01. The lowest BCUT2D eigenvalue weighted by Gasteiger charge is -2.15. The first kappa shape index (κ1) is 17.7. The Morgan fingerprint density at radius 2 is 2.08 bits per heavy atom. The zero-order chi connectivity index (χ0) is 18.7. The number of hydrogen-bond acceptors (Lipinski definition) is 6. The summed E-state index contributed by atoms with van der Waals surface area (Å²) in [7, 11) is 0. The van der Waals surface area contributed by atoms with Crippen molar-refractivity contribution in [3.05, 3.63) is 52.3 Å². The Kier molecular flexibility index (Phi) is 5.06. The number of benzene rings is 1. The number of carbonyl (C=O) groups is 1. The van der Waals surface area contributed by atoms with Gasteiger partial charge in [0, 0.05) is 5.56 Å². The lowest BCUT2D eigenvalue weighted by Crippen LogP contribution is -2.31. The van der Waals surface area contributed by atoms with Crippen molar-refractivity contribution >= 4 is 17.1 Å². The molecule has 0 saturated carbocycles. The van der Waals surface area contributed by atoms with Gasteiger partial charge in [-0.05, 0) is 19.4 Å². The maximum absolute atomic E-state index is 13.8. The van der Waals surface area contributed by atoms with Crippen LogP contribution >= 0.6 is 0 Å². The number of rotatable bonds is 6. The Balaban J connectivity index is 2.00. The van der Waals surface area contributed by atoms with Crippen LogP contribution in [0.3, 0.4) is 0 Å². The number of aromatic nitrogens is 5. The summed E-state index contributed by atoms with van der Waals surface area (Å²) in [6.07, 6.45) is 1.65. The molecular formula is C17H18FN5O3. The second-order valence-corrected chi connectivity index (χ2v) is 5.64. The van der Waals surface area contributed by atoms with E-state index in [1.165, 1.54) is 21.6 Å². The maximum atomic E-state index is 13.8. The van der Waals surface area contributed by atoms with Crippen LogP contribution < -0.4 is 5.56 Å². The molecule has 1 unspecified atom stereocenters. The van der Waals surface area contributed by atoms with Crippen molar-refractivity contribution in [2.24, 2.45) is 0 Å². The zero-order valence-corrected chi connectivity index (χ0v) is 14.4. The Hall–Kier alpha value is -3.10. The van der Waals surface area contributed by atoms with E-state index in [9.17, 15) is 14.0 Å². The first-order valence-corrected chi connectivity index (χ1v) is 8.27. The second-order valence-electron chi connectivity index (χ2n) is 5.64. The largest absolute Gasteiger partial charge is 0.464 e. The van der Waals surface area contributed by atoms with E-state index in [1.807, 2.05) is 0 Å². The predicted molar refractivity (Wildman–Crippen MR) is 91.0 cm³/mol. The van der Waals surface area contributed by atoms with Gasteiger partial charge in [0.05, 0.1) is 13.2 Å². The Labute approximate surface area is 148 Å². The summed E-state index contributed by atoms with van der Waals surface area (Å²) < 4.78 is 21.4. The molecule has 9 heteroatoms. The van der Waals surface area contributed by atoms with E-state index in [4.69, 9.17) is 4.74 Å². The number of nitrogens with zero attached hydrogens (tertiary/aromatic N) is 5. The number of esters is 1. The van der Waals surface area contributed by atoms with Crippen LogP contribution in [0.1, 0.15) is 31.9 Å². The standard InChI is InChI=1S/C17H18FN5O3/c1-3-13(17(25)26-4-2)22-10-19-15-14(16(22)24)20-21-23(15)9-11-7-5-6-8-12(11)18/h5-8,10,13H,3-4,9H2,1-2H3. The Morgan fingerprint density at radius 1 is 1.31 bits per heavy atom. The third kappa shape index (κ3) is 3.19. The van der Waals surface area contributed by atoms with Gasteiger partial charge in [-0.2, -0.15) is 0 Å². The summed E-state index contributed by atoms with van der Waals surface area (Å²) in [5, 5.41) is 7.78. The van der Waals surface area contributed by atoms with Gasteiger partial charge in [0.25, 0.3) is 5.56 Å². The van der Waals surface area contributed by atoms with Crippen molar-refractivity contribution in [1.29, 1.82) is 0 Å². The minimum absolute atomic E-state index is 0.0200. The number of ether oxygens (including phenoxy) is 1. The molecule has 0 radical (unpaired) electrons. The molecular weight excluding hydrogens is 341 g/mol. The van der Waals surface area contributed by atoms with Gasteiger partial charge in [-0.15, -0.1) is 5.10 Å². The molecule has 0 aliphatic carbocycles. The van der Waals surface area contributed by atoms with Gasteiger partial charge in [-0.3, -0.25) is 9.36 Å². The van der Waals surface area contributed by atoms with Crippen molar-refractivity contribution in [3.63, 3.8) is 0 Å². The van der Waals surface area contributed by atoms with Gasteiger partial charge in [0.2, 0.25) is 0 Å². The molecule has 2 heterocycles. The molecule has 8 nitrogen and oxygen atoms in total. The van der Waals surface area contributed by atoms with Crippen LogP contribution in [0.2, 0.25) is 0 Å². The van der Waals surface area contributed by atoms with Gasteiger partial charge in [0.1, 0.15) is 18.2 Å². The van der Waals surface area contributed by atoms with Gasteiger partial charge in [-0.25, -0.2) is 18.9 Å². The van der Waals surface area contributed by atoms with Crippen LogP contribution in [0.5, 0.6) is 0 Å². The van der Waals surface area contributed by atoms with Crippen molar-refractivity contribution < 1.29 is 13.9 Å². The van der Waals surface area contributed by atoms with Gasteiger partial charge < -0.3 is 4.74 Å². The van der Waals surface area contributed by atoms with E-state index < -0.39 is 17.6 Å². The average molecular weight is 359 g/mol. The van der Waals surface area contributed by atoms with E-state index >= 15 is 0 Å². The topological polar surface area (TPSA) is 91.9 Å². The summed E-state index contributed by atoms with van der Waals surface area (Å²) in [5.74, 6) is -0.880. The molecule has 0 aliphatic heterocycles. The summed E-state index contributed by atoms with van der Waals surface area (Å²) in [6, 6.07) is 5.49. The second kappa shape index (κ2) is 7.42. The number of hydrogen-bond donors (Lipinski definition) is 0. The molecule has 1 aromatic carbocycles. The Morgan fingerprint density at radius 3 is 2.77 bits per heavy atom. The maximum Gasteiger partial charge on any atom is 0.329 e. The number of carbonyl (C=O) groups excluding carboxylic acids is 1. The molecule has 3 aromatic rings. The lowest BCUT2D eigenvalue weighted by molar-refractivity contribution is -0.147. The van der Waals surface area contributed by atoms with Gasteiger partial charge >= 0.3 is 5.97 Å². The summed E-state index contributed by atoms with van der Waals surface area (Å²) in [6.45, 7) is 3.78. The van der Waals surface area contributed by atoms with E-state index in [0.717, 1.165) is 0 Å².